The number of rotatable bonds is 4. The Morgan fingerprint density at radius 3 is 0.906 bits per heavy atom. The van der Waals surface area contributed by atoms with Crippen molar-refractivity contribution in [3.8, 4) is 0 Å². The molecular weight excluding hydrogens is 621 g/mol. The summed E-state index contributed by atoms with van der Waals surface area (Å²) in [6.45, 7) is 28.1. The SMILES string of the molecule is CC(C)(C)c1cccc(C(C)(C)C)c1S[CH]([Bi])Sc1c(C(C)(C)C)cccc1C(C)(C)C. The maximum atomic E-state index is 2.35. The Balaban J connectivity index is 2.57. The minimum atomic E-state index is 0.131. The van der Waals surface area contributed by atoms with Crippen LogP contribution in [0.4, 0.5) is 0 Å². The maximum absolute atomic E-state index is 2.35. The van der Waals surface area contributed by atoms with Crippen molar-refractivity contribution in [2.75, 3.05) is 0 Å². The molecule has 0 heterocycles. The van der Waals surface area contributed by atoms with E-state index >= 15 is 0 Å². The molecule has 3 heteroatoms. The Morgan fingerprint density at radius 2 is 0.719 bits per heavy atom. The predicted octanol–water partition coefficient (Wildman–Crippen LogP) is 9.21. The van der Waals surface area contributed by atoms with Gasteiger partial charge in [0.1, 0.15) is 0 Å². The molecule has 0 nitrogen and oxygen atoms in total. The van der Waals surface area contributed by atoms with Gasteiger partial charge in [0.25, 0.3) is 0 Å². The van der Waals surface area contributed by atoms with Crippen LogP contribution in [0, 0.1) is 0 Å². The average molecular weight is 665 g/mol. The fraction of sp³-hybridized carbons (Fsp3) is 0.586. The van der Waals surface area contributed by atoms with Gasteiger partial charge in [-0.1, -0.05) is 0 Å². The van der Waals surface area contributed by atoms with E-state index in [1.165, 1.54) is 56.8 Å². The first-order chi connectivity index (χ1) is 14.3. The van der Waals surface area contributed by atoms with Gasteiger partial charge in [0, 0.05) is 0 Å². The molecule has 2 radical (unpaired) electrons. The third-order valence-corrected chi connectivity index (χ3v) is 10.5. The summed E-state index contributed by atoms with van der Waals surface area (Å²) in [5.74, 6) is 0. The minimum absolute atomic E-state index is 0.131. The van der Waals surface area contributed by atoms with Gasteiger partial charge in [-0.05, 0) is 0 Å². The molecule has 0 bridgehead atoms. The van der Waals surface area contributed by atoms with Crippen LogP contribution in [0.25, 0.3) is 0 Å². The molecule has 176 valence electrons. The second-order valence-corrected chi connectivity index (χ2v) is 20.3. The number of hydrogen-bond acceptors (Lipinski definition) is 2. The van der Waals surface area contributed by atoms with Gasteiger partial charge in [0.05, 0.1) is 0 Å². The quantitative estimate of drug-likeness (QED) is 0.182. The average Bonchev–Trinajstić information content (AvgIpc) is 2.58. The molecule has 32 heavy (non-hydrogen) atoms. The van der Waals surface area contributed by atoms with Crippen molar-refractivity contribution < 1.29 is 0 Å². The fourth-order valence-corrected chi connectivity index (χ4v) is 9.55. The molecule has 0 aliphatic rings. The molecule has 2 aromatic carbocycles. The molecule has 0 fully saturated rings. The van der Waals surface area contributed by atoms with Crippen LogP contribution in [0.15, 0.2) is 46.2 Å². The normalized spacial score (nSPS) is 13.7. The summed E-state index contributed by atoms with van der Waals surface area (Å²) in [6, 6.07) is 13.9. The zero-order valence-corrected chi connectivity index (χ0v) is 27.4. The monoisotopic (exact) mass is 664 g/mol. The molecule has 0 saturated carbocycles. The van der Waals surface area contributed by atoms with Crippen LogP contribution in [0.5, 0.6) is 0 Å². The first-order valence-electron chi connectivity index (χ1n) is 11.6. The van der Waals surface area contributed by atoms with Crippen LogP contribution in [0.1, 0.15) is 105 Å². The van der Waals surface area contributed by atoms with Gasteiger partial charge in [-0.25, -0.2) is 0 Å². The van der Waals surface area contributed by atoms with E-state index in [-0.39, 0.29) is 21.7 Å². The first-order valence-corrected chi connectivity index (χ1v) is 15.4. The van der Waals surface area contributed by atoms with Crippen LogP contribution < -0.4 is 0 Å². The summed E-state index contributed by atoms with van der Waals surface area (Å²) in [5.41, 5.74) is 6.44. The van der Waals surface area contributed by atoms with E-state index in [1.807, 2.05) is 0 Å². The van der Waals surface area contributed by atoms with Crippen molar-refractivity contribution in [1.82, 2.24) is 0 Å². The topological polar surface area (TPSA) is 0 Å². The Morgan fingerprint density at radius 1 is 0.500 bits per heavy atom. The van der Waals surface area contributed by atoms with Gasteiger partial charge < -0.3 is 0 Å². The fourth-order valence-electron chi connectivity index (χ4n) is 3.92. The van der Waals surface area contributed by atoms with Gasteiger partial charge in [0.2, 0.25) is 0 Å². The second kappa shape index (κ2) is 9.95. The zero-order valence-electron chi connectivity index (χ0n) is 22.3. The van der Waals surface area contributed by atoms with Crippen LogP contribution >= 0.6 is 23.5 Å². The Bertz CT molecular complexity index is 790. The Kier molecular flexibility index (Phi) is 8.78. The molecule has 0 aliphatic heterocycles. The van der Waals surface area contributed by atoms with Crippen molar-refractivity contribution in [1.29, 1.82) is 0 Å². The molecule has 0 spiro atoms. The standard InChI is InChI=1S/C29H43S2.Bi/c1-26(2,3)20-15-13-16-21(27(4,5)6)24(20)30-19-31-25-22(28(7,8)9)17-14-18-23(25)29(10,11)12;/h13-19H,1-12H3;. The second-order valence-electron chi connectivity index (χ2n) is 12.9. The molecule has 0 amide bonds. The van der Waals surface area contributed by atoms with E-state index < -0.39 is 0 Å². The zero-order chi connectivity index (χ0) is 24.7. The number of hydrogen-bond donors (Lipinski definition) is 0. The molecular formula is C29H43BiS2. The van der Waals surface area contributed by atoms with Gasteiger partial charge in [-0.2, -0.15) is 0 Å². The predicted molar refractivity (Wildman–Crippen MR) is 149 cm³/mol. The van der Waals surface area contributed by atoms with Crippen LogP contribution in [0.2, 0.25) is 0 Å². The number of benzene rings is 2. The summed E-state index contributed by atoms with van der Waals surface area (Å²) < 4.78 is 0.518. The Hall–Kier alpha value is 0.0231. The Labute approximate surface area is 222 Å². The van der Waals surface area contributed by atoms with Gasteiger partial charge in [-0.15, -0.1) is 0 Å². The van der Waals surface area contributed by atoms with E-state index in [0.29, 0.717) is 2.29 Å². The molecule has 0 unspecified atom stereocenters. The molecule has 0 aliphatic carbocycles. The summed E-state index contributed by atoms with van der Waals surface area (Å²) >= 11 is 5.57. The van der Waals surface area contributed by atoms with Crippen molar-refractivity contribution in [2.24, 2.45) is 0 Å². The molecule has 2 rings (SSSR count). The third kappa shape index (κ3) is 7.02. The molecule has 0 N–H and O–H groups in total. The van der Waals surface area contributed by atoms with Crippen molar-refractivity contribution >= 4 is 48.2 Å². The summed E-state index contributed by atoms with van der Waals surface area (Å²) in [7, 11) is 0. The van der Waals surface area contributed by atoms with Gasteiger partial charge in [0.15, 0.2) is 0 Å². The van der Waals surface area contributed by atoms with Gasteiger partial charge in [-0.3, -0.25) is 0 Å². The van der Waals surface area contributed by atoms with E-state index in [4.69, 9.17) is 0 Å². The molecule has 0 saturated heterocycles. The van der Waals surface area contributed by atoms with Crippen LogP contribution in [-0.2, 0) is 21.7 Å². The molecule has 0 atom stereocenters. The summed E-state index contributed by atoms with van der Waals surface area (Å²) in [5, 5.41) is 0. The van der Waals surface area contributed by atoms with Gasteiger partial charge >= 0.3 is 224 Å². The van der Waals surface area contributed by atoms with E-state index in [1.54, 1.807) is 0 Å². The van der Waals surface area contributed by atoms with Crippen molar-refractivity contribution in [3.63, 3.8) is 0 Å². The molecule has 2 aromatic rings. The third-order valence-electron chi connectivity index (χ3n) is 5.70. The van der Waals surface area contributed by atoms with Crippen molar-refractivity contribution in [3.05, 3.63) is 58.7 Å². The van der Waals surface area contributed by atoms with E-state index in [9.17, 15) is 0 Å². The van der Waals surface area contributed by atoms with Crippen molar-refractivity contribution in [2.45, 2.75) is 117 Å². The number of thioether (sulfide) groups is 2. The van der Waals surface area contributed by atoms with Crippen LogP contribution in [0.3, 0.4) is 0 Å². The summed E-state index contributed by atoms with van der Waals surface area (Å²) in [6.07, 6.45) is 0. The molecule has 0 aromatic heterocycles. The van der Waals surface area contributed by atoms with E-state index in [0.717, 1.165) is 0 Å². The van der Waals surface area contributed by atoms with E-state index in [2.05, 4.69) is 143 Å². The van der Waals surface area contributed by atoms with Crippen LogP contribution in [-0.4, -0.2) is 27.0 Å². The first kappa shape index (κ1) is 28.3. The summed E-state index contributed by atoms with van der Waals surface area (Å²) in [4.78, 5) is 3.00.